The first-order chi connectivity index (χ1) is 15.2. The molecule has 31 heavy (non-hydrogen) atoms. The van der Waals surface area contributed by atoms with Crippen LogP contribution in [0.5, 0.6) is 11.5 Å². The zero-order valence-corrected chi connectivity index (χ0v) is 17.4. The van der Waals surface area contributed by atoms with E-state index in [2.05, 4.69) is 0 Å². The van der Waals surface area contributed by atoms with E-state index >= 15 is 0 Å². The molecule has 8 heteroatoms. The molecule has 0 aromatic heterocycles. The van der Waals surface area contributed by atoms with Crippen molar-refractivity contribution in [1.29, 1.82) is 0 Å². The maximum atomic E-state index is 10.8. The van der Waals surface area contributed by atoms with Crippen LogP contribution in [0.15, 0.2) is 48.5 Å². The van der Waals surface area contributed by atoms with Crippen LogP contribution in [-0.4, -0.2) is 62.4 Å². The molecule has 0 amide bonds. The van der Waals surface area contributed by atoms with Crippen LogP contribution in [0.1, 0.15) is 11.1 Å². The summed E-state index contributed by atoms with van der Waals surface area (Å²) in [4.78, 5) is 0. The van der Waals surface area contributed by atoms with Crippen LogP contribution in [0.2, 0.25) is 0 Å². The molecule has 2 aromatic rings. The van der Waals surface area contributed by atoms with Gasteiger partial charge in [0.1, 0.15) is 48.1 Å². The average molecular weight is 430 g/mol. The lowest BCUT2D eigenvalue weighted by Gasteiger charge is -2.57. The number of aliphatic hydroxyl groups is 1. The Kier molecular flexibility index (Phi) is 5.83. The molecule has 0 spiro atoms. The molecule has 8 nitrogen and oxygen atoms in total. The van der Waals surface area contributed by atoms with Gasteiger partial charge >= 0.3 is 0 Å². The number of ether oxygens (including phenoxy) is 7. The fourth-order valence-corrected chi connectivity index (χ4v) is 4.30. The molecular weight excluding hydrogens is 404 g/mol. The second kappa shape index (κ2) is 8.74. The molecular formula is C23H26O8. The van der Waals surface area contributed by atoms with Crippen LogP contribution < -0.4 is 9.47 Å². The van der Waals surface area contributed by atoms with Gasteiger partial charge in [-0.25, -0.2) is 0 Å². The van der Waals surface area contributed by atoms with Gasteiger partial charge in [-0.1, -0.05) is 24.3 Å². The summed E-state index contributed by atoms with van der Waals surface area (Å²) < 4.78 is 40.0. The Morgan fingerprint density at radius 3 is 1.52 bits per heavy atom. The SMILES string of the molecule is COc1ccc(CO[C@@H]2C3OC4O[C@@H]2C(O)[C@H](O4)[C@H]3OCc2ccc(OC)cc2)cc1. The highest BCUT2D eigenvalue weighted by Gasteiger charge is 2.62. The first-order valence-electron chi connectivity index (χ1n) is 10.3. The quantitative estimate of drug-likeness (QED) is 0.681. The highest BCUT2D eigenvalue weighted by Crippen LogP contribution is 2.42. The molecule has 3 unspecified atom stereocenters. The summed E-state index contributed by atoms with van der Waals surface area (Å²) >= 11 is 0. The maximum absolute atomic E-state index is 10.8. The lowest BCUT2D eigenvalue weighted by molar-refractivity contribution is -0.487. The molecule has 3 heterocycles. The van der Waals surface area contributed by atoms with Gasteiger partial charge in [0.25, 0.3) is 6.48 Å². The zero-order valence-electron chi connectivity index (χ0n) is 17.4. The van der Waals surface area contributed by atoms with Crippen molar-refractivity contribution in [2.75, 3.05) is 14.2 Å². The van der Waals surface area contributed by atoms with Crippen molar-refractivity contribution in [2.45, 2.75) is 56.3 Å². The van der Waals surface area contributed by atoms with E-state index in [1.165, 1.54) is 0 Å². The summed E-state index contributed by atoms with van der Waals surface area (Å²) in [6.45, 7) is -0.101. The number of methoxy groups -OCH3 is 2. The third kappa shape index (κ3) is 4.03. The molecule has 4 bridgehead atoms. The van der Waals surface area contributed by atoms with Crippen LogP contribution in [-0.2, 0) is 36.9 Å². The van der Waals surface area contributed by atoms with Gasteiger partial charge in [0.2, 0.25) is 0 Å². The Labute approximate surface area is 180 Å². The highest BCUT2D eigenvalue weighted by molar-refractivity contribution is 5.27. The van der Waals surface area contributed by atoms with Gasteiger partial charge in [0, 0.05) is 0 Å². The Bertz CT molecular complexity index is 801. The highest BCUT2D eigenvalue weighted by atomic mass is 16.9. The number of aliphatic hydroxyl groups excluding tert-OH is 1. The summed E-state index contributed by atoms with van der Waals surface area (Å²) in [6, 6.07) is 15.3. The minimum atomic E-state index is -0.863. The number of rotatable bonds is 8. The normalized spacial score (nSPS) is 33.5. The molecule has 1 N–H and O–H groups in total. The Hall–Kier alpha value is -2.20. The molecule has 1 aliphatic carbocycles. The van der Waals surface area contributed by atoms with Crippen LogP contribution in [0.25, 0.3) is 0 Å². The summed E-state index contributed by atoms with van der Waals surface area (Å²) in [5, 5.41) is 10.8. The molecule has 3 aliphatic heterocycles. The number of hydrogen-bond acceptors (Lipinski definition) is 8. The maximum Gasteiger partial charge on any atom is 0.272 e. The Balaban J connectivity index is 1.27. The predicted octanol–water partition coefficient (Wildman–Crippen LogP) is 2.02. The Morgan fingerprint density at radius 2 is 1.10 bits per heavy atom. The van der Waals surface area contributed by atoms with E-state index in [1.807, 2.05) is 48.5 Å². The lowest BCUT2D eigenvalue weighted by atomic mass is 9.82. The summed E-state index contributed by atoms with van der Waals surface area (Å²) in [6.07, 6.45) is -3.27. The van der Waals surface area contributed by atoms with E-state index in [9.17, 15) is 5.11 Å². The van der Waals surface area contributed by atoms with Crippen molar-refractivity contribution in [3.63, 3.8) is 0 Å². The van der Waals surface area contributed by atoms with Gasteiger partial charge < -0.3 is 38.3 Å². The standard InChI is InChI=1S/C23H26O8/c1-25-15-7-3-13(4-8-15)11-27-20-18-17(24)19-21(22(20)31-23(29-18)30-19)28-12-14-5-9-16(26-2)10-6-14/h3-10,17-24H,11-12H2,1-2H3/t17?,18-,19+,20+,21-,22?,23?. The van der Waals surface area contributed by atoms with Crippen molar-refractivity contribution in [3.8, 4) is 11.5 Å². The first-order valence-corrected chi connectivity index (χ1v) is 10.3. The van der Waals surface area contributed by atoms with Crippen molar-refractivity contribution in [3.05, 3.63) is 59.7 Å². The monoisotopic (exact) mass is 430 g/mol. The van der Waals surface area contributed by atoms with Crippen molar-refractivity contribution >= 4 is 0 Å². The van der Waals surface area contributed by atoms with Gasteiger partial charge in [-0.3, -0.25) is 0 Å². The van der Waals surface area contributed by atoms with Crippen molar-refractivity contribution < 1.29 is 38.3 Å². The summed E-state index contributed by atoms with van der Waals surface area (Å²) in [5.41, 5.74) is 1.96. The van der Waals surface area contributed by atoms with Crippen LogP contribution in [0, 0.1) is 0 Å². The van der Waals surface area contributed by atoms with Gasteiger partial charge in [0.15, 0.2) is 0 Å². The second-order valence-electron chi connectivity index (χ2n) is 7.83. The zero-order chi connectivity index (χ0) is 21.4. The van der Waals surface area contributed by atoms with Crippen molar-refractivity contribution in [2.24, 2.45) is 0 Å². The summed E-state index contributed by atoms with van der Waals surface area (Å²) in [5.74, 6) is 1.56. The predicted molar refractivity (Wildman–Crippen MR) is 108 cm³/mol. The van der Waals surface area contributed by atoms with E-state index in [4.69, 9.17) is 33.2 Å². The Morgan fingerprint density at radius 1 is 0.677 bits per heavy atom. The summed E-state index contributed by atoms with van der Waals surface area (Å²) in [7, 11) is 3.26. The molecule has 2 aromatic carbocycles. The molecule has 3 saturated heterocycles. The van der Waals surface area contributed by atoms with Gasteiger partial charge in [-0.15, -0.1) is 0 Å². The molecule has 6 rings (SSSR count). The third-order valence-electron chi connectivity index (χ3n) is 5.98. The molecule has 0 radical (unpaired) electrons. The number of hydrogen-bond donors (Lipinski definition) is 1. The molecule has 1 saturated carbocycles. The van der Waals surface area contributed by atoms with Gasteiger partial charge in [-0.05, 0) is 35.4 Å². The van der Waals surface area contributed by atoms with E-state index in [0.717, 1.165) is 22.6 Å². The molecule has 4 fully saturated rings. The largest absolute Gasteiger partial charge is 0.497 e. The third-order valence-corrected chi connectivity index (χ3v) is 5.98. The lowest BCUT2D eigenvalue weighted by Crippen LogP contribution is -2.75. The van der Waals surface area contributed by atoms with E-state index in [0.29, 0.717) is 13.2 Å². The van der Waals surface area contributed by atoms with E-state index in [-0.39, 0.29) is 0 Å². The minimum absolute atomic E-state index is 0.350. The van der Waals surface area contributed by atoms with Crippen LogP contribution >= 0.6 is 0 Å². The van der Waals surface area contributed by atoms with Gasteiger partial charge in [-0.2, -0.15) is 0 Å². The fraction of sp³-hybridized carbons (Fsp3) is 0.478. The topological polar surface area (TPSA) is 84.8 Å². The average Bonchev–Trinajstić information content (AvgIpc) is 2.81. The molecule has 7 atom stereocenters. The molecule has 166 valence electrons. The minimum Gasteiger partial charge on any atom is -0.497 e. The second-order valence-corrected chi connectivity index (χ2v) is 7.83. The van der Waals surface area contributed by atoms with Crippen molar-refractivity contribution in [1.82, 2.24) is 0 Å². The van der Waals surface area contributed by atoms with E-state index in [1.54, 1.807) is 14.2 Å². The fourth-order valence-electron chi connectivity index (χ4n) is 4.30. The van der Waals surface area contributed by atoms with E-state index < -0.39 is 43.1 Å². The van der Waals surface area contributed by atoms with Gasteiger partial charge in [0.05, 0.1) is 27.4 Å². The van der Waals surface area contributed by atoms with Crippen LogP contribution in [0.4, 0.5) is 0 Å². The number of benzene rings is 2. The first kappa shape index (κ1) is 20.7. The van der Waals surface area contributed by atoms with Crippen LogP contribution in [0.3, 0.4) is 0 Å². The smallest absolute Gasteiger partial charge is 0.272 e. The molecule has 4 aliphatic rings.